The summed E-state index contributed by atoms with van der Waals surface area (Å²) in [5.74, 6) is 0.348. The Morgan fingerprint density at radius 3 is 2.79 bits per heavy atom. The molecule has 19 heavy (non-hydrogen) atoms. The molecule has 3 aromatic rings. The minimum Gasteiger partial charge on any atom is -0.497 e. The van der Waals surface area contributed by atoms with Gasteiger partial charge in [-0.1, -0.05) is 0 Å². The van der Waals surface area contributed by atoms with E-state index in [-0.39, 0.29) is 5.69 Å². The molecular formula is C13H13N3O3. The first-order valence-corrected chi connectivity index (χ1v) is 5.79. The van der Waals surface area contributed by atoms with Crippen LogP contribution in [0, 0.1) is 6.92 Å². The summed E-state index contributed by atoms with van der Waals surface area (Å²) >= 11 is 0. The largest absolute Gasteiger partial charge is 0.497 e. The lowest BCUT2D eigenvalue weighted by molar-refractivity contribution is 0.0688. The number of carboxylic acid groups (broad SMARTS) is 1. The molecule has 0 atom stereocenters. The van der Waals surface area contributed by atoms with Gasteiger partial charge in [-0.15, -0.1) is 0 Å². The van der Waals surface area contributed by atoms with Gasteiger partial charge in [-0.25, -0.2) is 9.78 Å². The van der Waals surface area contributed by atoms with Crippen LogP contribution in [0.25, 0.3) is 16.8 Å². The van der Waals surface area contributed by atoms with Crippen molar-refractivity contribution in [2.45, 2.75) is 6.92 Å². The predicted molar refractivity (Wildman–Crippen MR) is 69.9 cm³/mol. The summed E-state index contributed by atoms with van der Waals surface area (Å²) < 4.78 is 8.59. The second-order valence-electron chi connectivity index (χ2n) is 4.40. The molecule has 1 aromatic carbocycles. The van der Waals surface area contributed by atoms with E-state index in [0.717, 1.165) is 5.52 Å². The average molecular weight is 259 g/mol. The number of ether oxygens (including phenoxy) is 1. The molecule has 0 unspecified atom stereocenters. The van der Waals surface area contributed by atoms with Crippen LogP contribution < -0.4 is 4.74 Å². The van der Waals surface area contributed by atoms with Crippen molar-refractivity contribution in [3.8, 4) is 5.75 Å². The Hall–Kier alpha value is -2.50. The molecule has 6 nitrogen and oxygen atoms in total. The molecule has 0 fully saturated rings. The van der Waals surface area contributed by atoms with Gasteiger partial charge >= 0.3 is 5.97 Å². The number of carbonyl (C=O) groups is 1. The van der Waals surface area contributed by atoms with Gasteiger partial charge in [0.15, 0.2) is 5.69 Å². The van der Waals surface area contributed by atoms with Gasteiger partial charge in [0, 0.05) is 18.8 Å². The minimum absolute atomic E-state index is 0.241. The van der Waals surface area contributed by atoms with Crippen molar-refractivity contribution >= 4 is 22.8 Å². The minimum atomic E-state index is -0.960. The third kappa shape index (κ3) is 1.43. The molecule has 3 rings (SSSR count). The fraction of sp³-hybridized carbons (Fsp3) is 0.231. The fourth-order valence-corrected chi connectivity index (χ4v) is 2.34. The van der Waals surface area contributed by atoms with Crippen LogP contribution >= 0.6 is 0 Å². The molecule has 0 aliphatic carbocycles. The number of hydrogen-bond donors (Lipinski definition) is 1. The monoisotopic (exact) mass is 259 g/mol. The van der Waals surface area contributed by atoms with Crippen molar-refractivity contribution in [1.82, 2.24) is 14.0 Å². The van der Waals surface area contributed by atoms with Gasteiger partial charge in [0.05, 0.1) is 18.1 Å². The summed E-state index contributed by atoms with van der Waals surface area (Å²) in [7, 11) is 3.39. The van der Waals surface area contributed by atoms with Crippen molar-refractivity contribution in [2.24, 2.45) is 7.05 Å². The van der Waals surface area contributed by atoms with Crippen LogP contribution in [0.4, 0.5) is 0 Å². The fourth-order valence-electron chi connectivity index (χ4n) is 2.34. The summed E-state index contributed by atoms with van der Waals surface area (Å²) in [4.78, 5) is 15.9. The van der Waals surface area contributed by atoms with Gasteiger partial charge in [-0.2, -0.15) is 0 Å². The number of benzene rings is 1. The first-order chi connectivity index (χ1) is 9.04. The highest BCUT2D eigenvalue weighted by molar-refractivity contribution is 5.92. The van der Waals surface area contributed by atoms with Crippen LogP contribution in [-0.2, 0) is 7.05 Å². The van der Waals surface area contributed by atoms with Crippen molar-refractivity contribution in [3.05, 3.63) is 29.6 Å². The number of hydrogen-bond acceptors (Lipinski definition) is 3. The third-order valence-corrected chi connectivity index (χ3v) is 3.42. The van der Waals surface area contributed by atoms with Gasteiger partial charge in [0.2, 0.25) is 5.78 Å². The Kier molecular flexibility index (Phi) is 2.28. The zero-order valence-corrected chi connectivity index (χ0v) is 10.8. The normalized spacial score (nSPS) is 11.3. The van der Waals surface area contributed by atoms with Gasteiger partial charge in [0.25, 0.3) is 0 Å². The molecule has 0 aliphatic heterocycles. The van der Waals surface area contributed by atoms with Crippen molar-refractivity contribution in [3.63, 3.8) is 0 Å². The van der Waals surface area contributed by atoms with Crippen molar-refractivity contribution in [1.29, 1.82) is 0 Å². The summed E-state index contributed by atoms with van der Waals surface area (Å²) in [5, 5.41) is 9.37. The van der Waals surface area contributed by atoms with Gasteiger partial charge in [-0.3, -0.25) is 4.40 Å². The Morgan fingerprint density at radius 2 is 2.16 bits per heavy atom. The Bertz CT molecular complexity index is 814. The third-order valence-electron chi connectivity index (χ3n) is 3.42. The van der Waals surface area contributed by atoms with Crippen LogP contribution in [0.2, 0.25) is 0 Å². The number of methoxy groups -OCH3 is 1. The van der Waals surface area contributed by atoms with E-state index in [1.807, 2.05) is 6.07 Å². The van der Waals surface area contributed by atoms with E-state index >= 15 is 0 Å². The molecule has 1 N–H and O–H groups in total. The predicted octanol–water partition coefficient (Wildman–Crippen LogP) is 1.84. The van der Waals surface area contributed by atoms with E-state index in [9.17, 15) is 9.90 Å². The number of aryl methyl sites for hydroxylation is 1. The highest BCUT2D eigenvalue weighted by Gasteiger charge is 2.21. The number of imidazole rings is 2. The van der Waals surface area contributed by atoms with Crippen LogP contribution in [0.5, 0.6) is 5.75 Å². The zero-order valence-electron chi connectivity index (χ0n) is 10.8. The van der Waals surface area contributed by atoms with Gasteiger partial charge in [-0.05, 0) is 19.1 Å². The maximum atomic E-state index is 11.4. The Morgan fingerprint density at radius 1 is 1.42 bits per heavy atom. The molecule has 2 heterocycles. The topological polar surface area (TPSA) is 68.8 Å². The quantitative estimate of drug-likeness (QED) is 0.762. The second-order valence-corrected chi connectivity index (χ2v) is 4.40. The summed E-state index contributed by atoms with van der Waals surface area (Å²) in [5.41, 5.74) is 2.39. The Balaban J connectivity index is 2.49. The number of aromatic carboxylic acids is 1. The van der Waals surface area contributed by atoms with Gasteiger partial charge in [0.1, 0.15) is 5.75 Å². The number of carboxylic acids is 1. The van der Waals surface area contributed by atoms with E-state index < -0.39 is 5.97 Å². The molecule has 2 aromatic heterocycles. The maximum absolute atomic E-state index is 11.4. The molecule has 0 saturated carbocycles. The van der Waals surface area contributed by atoms with E-state index in [2.05, 4.69) is 4.98 Å². The van der Waals surface area contributed by atoms with Crippen LogP contribution in [0.15, 0.2) is 18.2 Å². The van der Waals surface area contributed by atoms with E-state index in [1.54, 1.807) is 42.2 Å². The van der Waals surface area contributed by atoms with Gasteiger partial charge < -0.3 is 14.4 Å². The van der Waals surface area contributed by atoms with Crippen LogP contribution in [-0.4, -0.2) is 32.1 Å². The number of rotatable bonds is 2. The molecule has 98 valence electrons. The molecular weight excluding hydrogens is 246 g/mol. The number of aromatic nitrogens is 3. The number of nitrogens with zero attached hydrogens (tertiary/aromatic N) is 3. The summed E-state index contributed by atoms with van der Waals surface area (Å²) in [6, 6.07) is 5.41. The zero-order chi connectivity index (χ0) is 13.7. The lowest BCUT2D eigenvalue weighted by atomic mass is 10.3. The SMILES string of the molecule is COc1ccc2c(c1)nc1n(C)c(C)c(C(=O)O)n21. The van der Waals surface area contributed by atoms with E-state index in [4.69, 9.17) is 4.74 Å². The first kappa shape index (κ1) is 11.6. The Labute approximate surface area is 108 Å². The van der Waals surface area contributed by atoms with E-state index in [0.29, 0.717) is 22.7 Å². The maximum Gasteiger partial charge on any atom is 0.354 e. The lowest BCUT2D eigenvalue weighted by Gasteiger charge is -2.00. The highest BCUT2D eigenvalue weighted by atomic mass is 16.5. The first-order valence-electron chi connectivity index (χ1n) is 5.79. The van der Waals surface area contributed by atoms with Crippen LogP contribution in [0.3, 0.4) is 0 Å². The molecule has 0 amide bonds. The van der Waals surface area contributed by atoms with Crippen molar-refractivity contribution in [2.75, 3.05) is 7.11 Å². The summed E-state index contributed by atoms with van der Waals surface area (Å²) in [6.07, 6.45) is 0. The molecule has 0 saturated heterocycles. The summed E-state index contributed by atoms with van der Waals surface area (Å²) in [6.45, 7) is 1.77. The standard InChI is InChI=1S/C13H13N3O3/c1-7-11(12(17)18)16-10-5-4-8(19-3)6-9(10)14-13(16)15(7)2/h4-6H,1-3H3,(H,17,18). The smallest absolute Gasteiger partial charge is 0.354 e. The van der Waals surface area contributed by atoms with E-state index in [1.165, 1.54) is 0 Å². The van der Waals surface area contributed by atoms with Crippen LogP contribution in [0.1, 0.15) is 16.2 Å². The molecule has 0 spiro atoms. The average Bonchev–Trinajstić information content (AvgIpc) is 2.86. The second kappa shape index (κ2) is 3.74. The highest BCUT2D eigenvalue weighted by Crippen LogP contribution is 2.25. The van der Waals surface area contributed by atoms with Crippen molar-refractivity contribution < 1.29 is 14.6 Å². The number of fused-ring (bicyclic) bond motifs is 3. The molecule has 0 bridgehead atoms. The molecule has 0 aliphatic rings. The molecule has 0 radical (unpaired) electrons. The lowest BCUT2D eigenvalue weighted by Crippen LogP contribution is -2.03. The molecule has 6 heteroatoms.